The van der Waals surface area contributed by atoms with Crippen LogP contribution in [0.2, 0.25) is 0 Å². The Bertz CT molecular complexity index is 481. The second kappa shape index (κ2) is 5.73. The number of aromatic nitrogens is 3. The van der Waals surface area contributed by atoms with Gasteiger partial charge in [0, 0.05) is 7.11 Å². The second-order valence-corrected chi connectivity index (χ2v) is 5.62. The Morgan fingerprint density at radius 2 is 2.24 bits per heavy atom. The first-order valence-corrected chi connectivity index (χ1v) is 6.59. The van der Waals surface area contributed by atoms with Crippen molar-refractivity contribution in [2.24, 2.45) is 0 Å². The summed E-state index contributed by atoms with van der Waals surface area (Å²) in [5.41, 5.74) is -0.209. The minimum Gasteiger partial charge on any atom is -0.476 e. The van der Waals surface area contributed by atoms with Gasteiger partial charge in [-0.2, -0.15) is 0 Å². The zero-order chi connectivity index (χ0) is 12.9. The third kappa shape index (κ3) is 4.49. The Balaban J connectivity index is 2.52. The van der Waals surface area contributed by atoms with Crippen LogP contribution in [0, 0.1) is 0 Å². The number of sulfone groups is 1. The molecule has 0 unspecified atom stereocenters. The summed E-state index contributed by atoms with van der Waals surface area (Å²) in [6.45, 7) is 0.215. The molecule has 0 amide bonds. The molecule has 0 bridgehead atoms. The van der Waals surface area contributed by atoms with Crippen molar-refractivity contribution < 1.29 is 23.1 Å². The first-order chi connectivity index (χ1) is 7.94. The summed E-state index contributed by atoms with van der Waals surface area (Å²) >= 11 is 0. The number of aryl methyl sites for hydroxylation is 1. The van der Waals surface area contributed by atoms with Gasteiger partial charge in [-0.25, -0.2) is 13.2 Å². The maximum atomic E-state index is 11.4. The zero-order valence-corrected chi connectivity index (χ0v) is 10.1. The molecule has 17 heavy (non-hydrogen) atoms. The van der Waals surface area contributed by atoms with Crippen LogP contribution in [0.1, 0.15) is 10.5 Å². The molecule has 1 rings (SSSR count). The second-order valence-electron chi connectivity index (χ2n) is 3.32. The Labute approximate surface area is 98.1 Å². The summed E-state index contributed by atoms with van der Waals surface area (Å²) in [4.78, 5) is 10.5. The standard InChI is InChI=1S/C8H13N3O5S/c1-16-3-5-17(14,15)4-2-11-6-7(8(12)13)9-10-11/h6H,2-5H2,1H3,(H,12,13). The molecule has 9 heteroatoms. The van der Waals surface area contributed by atoms with Crippen LogP contribution in [0.5, 0.6) is 0 Å². The van der Waals surface area contributed by atoms with Gasteiger partial charge in [-0.15, -0.1) is 5.10 Å². The average molecular weight is 263 g/mol. The van der Waals surface area contributed by atoms with Gasteiger partial charge in [0.25, 0.3) is 0 Å². The van der Waals surface area contributed by atoms with E-state index in [1.165, 1.54) is 18.0 Å². The minimum absolute atomic E-state index is 0.0655. The number of methoxy groups -OCH3 is 1. The Hall–Kier alpha value is -1.48. The van der Waals surface area contributed by atoms with Gasteiger partial charge in [-0.3, -0.25) is 4.68 Å². The molecule has 1 N–H and O–H groups in total. The van der Waals surface area contributed by atoms with Crippen molar-refractivity contribution in [2.75, 3.05) is 25.2 Å². The highest BCUT2D eigenvalue weighted by Crippen LogP contribution is 1.96. The molecule has 96 valence electrons. The third-order valence-electron chi connectivity index (χ3n) is 1.99. The third-order valence-corrected chi connectivity index (χ3v) is 3.58. The Morgan fingerprint density at radius 3 is 2.76 bits per heavy atom. The lowest BCUT2D eigenvalue weighted by Gasteiger charge is -2.02. The summed E-state index contributed by atoms with van der Waals surface area (Å²) in [7, 11) is -1.79. The van der Waals surface area contributed by atoms with E-state index in [2.05, 4.69) is 15.0 Å². The molecule has 1 aromatic rings. The molecule has 0 fully saturated rings. The van der Waals surface area contributed by atoms with E-state index in [0.717, 1.165) is 0 Å². The van der Waals surface area contributed by atoms with E-state index in [4.69, 9.17) is 5.11 Å². The number of carbonyl (C=O) groups is 1. The van der Waals surface area contributed by atoms with E-state index in [1.807, 2.05) is 0 Å². The first-order valence-electron chi connectivity index (χ1n) is 4.77. The normalized spacial score (nSPS) is 11.6. The zero-order valence-electron chi connectivity index (χ0n) is 9.24. The van der Waals surface area contributed by atoms with E-state index < -0.39 is 15.8 Å². The number of nitrogens with zero attached hydrogens (tertiary/aromatic N) is 3. The first kappa shape index (κ1) is 13.6. The van der Waals surface area contributed by atoms with Gasteiger partial charge >= 0.3 is 5.97 Å². The van der Waals surface area contributed by atoms with Crippen molar-refractivity contribution >= 4 is 15.8 Å². The van der Waals surface area contributed by atoms with E-state index in [9.17, 15) is 13.2 Å². The van der Waals surface area contributed by atoms with Gasteiger partial charge in [0.05, 0.1) is 30.9 Å². The molecule has 1 aromatic heterocycles. The van der Waals surface area contributed by atoms with Crippen molar-refractivity contribution in [2.45, 2.75) is 6.54 Å². The fraction of sp³-hybridized carbons (Fsp3) is 0.625. The van der Waals surface area contributed by atoms with Gasteiger partial charge in [-0.05, 0) is 0 Å². The van der Waals surface area contributed by atoms with Crippen molar-refractivity contribution in [3.63, 3.8) is 0 Å². The van der Waals surface area contributed by atoms with Crippen LogP contribution in [0.25, 0.3) is 0 Å². The molecule has 0 saturated carbocycles. The smallest absolute Gasteiger partial charge is 0.358 e. The maximum absolute atomic E-state index is 11.4. The van der Waals surface area contributed by atoms with Crippen LogP contribution in [0.4, 0.5) is 0 Å². The van der Waals surface area contributed by atoms with E-state index in [-0.39, 0.29) is 30.4 Å². The summed E-state index contributed by atoms with van der Waals surface area (Å²) in [5.74, 6) is -1.39. The van der Waals surface area contributed by atoms with Crippen LogP contribution >= 0.6 is 0 Å². The van der Waals surface area contributed by atoms with Crippen LogP contribution in [0.3, 0.4) is 0 Å². The number of carboxylic acid groups (broad SMARTS) is 1. The highest BCUT2D eigenvalue weighted by molar-refractivity contribution is 7.91. The van der Waals surface area contributed by atoms with Crippen LogP contribution < -0.4 is 0 Å². The van der Waals surface area contributed by atoms with Crippen LogP contribution in [0.15, 0.2) is 6.20 Å². The largest absolute Gasteiger partial charge is 0.476 e. The van der Waals surface area contributed by atoms with E-state index in [0.29, 0.717) is 0 Å². The van der Waals surface area contributed by atoms with Crippen molar-refractivity contribution in [3.8, 4) is 0 Å². The van der Waals surface area contributed by atoms with Gasteiger partial charge in [0.1, 0.15) is 0 Å². The Kier molecular flexibility index (Phi) is 4.58. The van der Waals surface area contributed by atoms with E-state index in [1.54, 1.807) is 0 Å². The molecule has 0 aliphatic rings. The lowest BCUT2D eigenvalue weighted by Crippen LogP contribution is -2.19. The van der Waals surface area contributed by atoms with Gasteiger partial charge in [0.2, 0.25) is 0 Å². The molecular weight excluding hydrogens is 250 g/mol. The maximum Gasteiger partial charge on any atom is 0.358 e. The van der Waals surface area contributed by atoms with Crippen molar-refractivity contribution in [1.29, 1.82) is 0 Å². The predicted molar refractivity (Wildman–Crippen MR) is 57.5 cm³/mol. The number of rotatable bonds is 7. The molecule has 0 aliphatic heterocycles. The van der Waals surface area contributed by atoms with E-state index >= 15 is 0 Å². The SMILES string of the molecule is COCCS(=O)(=O)CCn1cc(C(=O)O)nn1. The lowest BCUT2D eigenvalue weighted by atomic mass is 10.5. The molecule has 0 atom stereocenters. The van der Waals surface area contributed by atoms with Gasteiger partial charge in [0.15, 0.2) is 15.5 Å². The molecule has 8 nitrogen and oxygen atoms in total. The lowest BCUT2D eigenvalue weighted by molar-refractivity contribution is 0.0690. The summed E-state index contributed by atoms with van der Waals surface area (Å²) in [6, 6.07) is 0. The molecule has 1 heterocycles. The summed E-state index contributed by atoms with van der Waals surface area (Å²) < 4.78 is 28.8. The van der Waals surface area contributed by atoms with Gasteiger partial charge < -0.3 is 9.84 Å². The quantitative estimate of drug-likeness (QED) is 0.674. The fourth-order valence-corrected chi connectivity index (χ4v) is 2.14. The topological polar surface area (TPSA) is 111 Å². The number of aromatic carboxylic acids is 1. The predicted octanol–water partition coefficient (Wildman–Crippen LogP) is -0.962. The average Bonchev–Trinajstić information content (AvgIpc) is 2.73. The van der Waals surface area contributed by atoms with Crippen LogP contribution in [-0.4, -0.2) is 59.7 Å². The summed E-state index contributed by atoms with van der Waals surface area (Å²) in [5, 5.41) is 15.5. The fourth-order valence-electron chi connectivity index (χ4n) is 1.05. The van der Waals surface area contributed by atoms with Crippen molar-refractivity contribution in [1.82, 2.24) is 15.0 Å². The molecule has 0 saturated heterocycles. The molecular formula is C8H13N3O5S. The van der Waals surface area contributed by atoms with Gasteiger partial charge in [-0.1, -0.05) is 5.21 Å². The monoisotopic (exact) mass is 263 g/mol. The number of carboxylic acids is 1. The summed E-state index contributed by atoms with van der Waals surface area (Å²) in [6.07, 6.45) is 1.19. The number of hydrogen-bond acceptors (Lipinski definition) is 6. The molecule has 0 radical (unpaired) electrons. The highest BCUT2D eigenvalue weighted by atomic mass is 32.2. The Morgan fingerprint density at radius 1 is 1.53 bits per heavy atom. The number of hydrogen-bond donors (Lipinski definition) is 1. The van der Waals surface area contributed by atoms with Crippen LogP contribution in [-0.2, 0) is 21.1 Å². The molecule has 0 spiro atoms. The molecule has 0 aromatic carbocycles. The highest BCUT2D eigenvalue weighted by Gasteiger charge is 2.13. The minimum atomic E-state index is -3.21. The van der Waals surface area contributed by atoms with Crippen molar-refractivity contribution in [3.05, 3.63) is 11.9 Å². The molecule has 0 aliphatic carbocycles. The number of ether oxygens (including phenoxy) is 1.